The maximum atomic E-state index is 4.85. The van der Waals surface area contributed by atoms with Crippen LogP contribution in [-0.4, -0.2) is 24.1 Å². The van der Waals surface area contributed by atoms with Crippen molar-refractivity contribution in [1.29, 1.82) is 0 Å². The van der Waals surface area contributed by atoms with Crippen LogP contribution in [0.3, 0.4) is 0 Å². The minimum Gasteiger partial charge on any atom is -0.357 e. The van der Waals surface area contributed by atoms with Crippen LogP contribution in [0, 0.1) is 0 Å². The van der Waals surface area contributed by atoms with Crippen molar-refractivity contribution < 1.29 is 0 Å². The van der Waals surface area contributed by atoms with Crippen LogP contribution < -0.4 is 10.2 Å². The molecule has 3 heteroatoms. The number of nitrogens with zero attached hydrogens (tertiary/aromatic N) is 2. The van der Waals surface area contributed by atoms with Crippen LogP contribution in [0.2, 0.25) is 0 Å². The summed E-state index contributed by atoms with van der Waals surface area (Å²) < 4.78 is 0. The van der Waals surface area contributed by atoms with E-state index in [9.17, 15) is 0 Å². The minimum absolute atomic E-state index is 0.0699. The molecule has 1 rings (SSSR count). The van der Waals surface area contributed by atoms with Crippen molar-refractivity contribution in [3.8, 4) is 0 Å². The average molecular weight is 277 g/mol. The first-order valence-electron chi connectivity index (χ1n) is 7.59. The molecule has 0 spiro atoms. The molecule has 0 aromatic carbocycles. The second-order valence-corrected chi connectivity index (χ2v) is 7.21. The number of hydrogen-bond acceptors (Lipinski definition) is 3. The Morgan fingerprint density at radius 3 is 2.20 bits per heavy atom. The molecule has 0 bridgehead atoms. The Hall–Kier alpha value is -1.09. The molecule has 0 saturated carbocycles. The maximum Gasteiger partial charge on any atom is 0.129 e. The Balaban J connectivity index is 3.14. The Labute approximate surface area is 124 Å². The SMILES string of the molecule is CC(C)NCc1cc(N(C)C(C)C)nc(C(C)(C)C)c1. The van der Waals surface area contributed by atoms with Gasteiger partial charge in [0, 0.05) is 36.8 Å². The standard InChI is InChI=1S/C17H31N3/c1-12(2)18-11-14-9-15(17(5,6)7)19-16(10-14)20(8)13(3)4/h9-10,12-13,18H,11H2,1-8H3. The summed E-state index contributed by atoms with van der Waals surface area (Å²) in [5, 5.41) is 3.49. The van der Waals surface area contributed by atoms with E-state index in [0.717, 1.165) is 18.1 Å². The van der Waals surface area contributed by atoms with Crippen molar-refractivity contribution in [3.05, 3.63) is 23.4 Å². The molecule has 0 fully saturated rings. The quantitative estimate of drug-likeness (QED) is 0.889. The lowest BCUT2D eigenvalue weighted by atomic mass is 9.90. The summed E-state index contributed by atoms with van der Waals surface area (Å²) >= 11 is 0. The van der Waals surface area contributed by atoms with E-state index in [1.54, 1.807) is 0 Å². The lowest BCUT2D eigenvalue weighted by Gasteiger charge is -2.27. The predicted molar refractivity (Wildman–Crippen MR) is 88.5 cm³/mol. The van der Waals surface area contributed by atoms with Gasteiger partial charge in [0.05, 0.1) is 0 Å². The topological polar surface area (TPSA) is 28.2 Å². The van der Waals surface area contributed by atoms with Crippen LogP contribution in [0.15, 0.2) is 12.1 Å². The Bertz CT molecular complexity index is 430. The molecule has 3 nitrogen and oxygen atoms in total. The monoisotopic (exact) mass is 277 g/mol. The smallest absolute Gasteiger partial charge is 0.129 e. The van der Waals surface area contributed by atoms with Crippen molar-refractivity contribution >= 4 is 5.82 Å². The Kier molecular flexibility index (Phi) is 5.58. The number of nitrogens with one attached hydrogen (secondary N) is 1. The molecule has 0 aliphatic rings. The first-order valence-corrected chi connectivity index (χ1v) is 7.59. The largest absolute Gasteiger partial charge is 0.357 e. The molecule has 0 amide bonds. The Morgan fingerprint density at radius 1 is 1.15 bits per heavy atom. The van der Waals surface area contributed by atoms with Crippen LogP contribution in [0.4, 0.5) is 5.82 Å². The zero-order valence-corrected chi connectivity index (χ0v) is 14.4. The zero-order valence-electron chi connectivity index (χ0n) is 14.4. The van der Waals surface area contributed by atoms with E-state index >= 15 is 0 Å². The third-order valence-corrected chi connectivity index (χ3v) is 3.49. The van der Waals surface area contributed by atoms with Crippen molar-refractivity contribution in [3.63, 3.8) is 0 Å². The summed E-state index contributed by atoms with van der Waals surface area (Å²) in [6.07, 6.45) is 0. The predicted octanol–water partition coefficient (Wildman–Crippen LogP) is 3.72. The molecule has 0 saturated heterocycles. The molecule has 0 aliphatic carbocycles. The minimum atomic E-state index is 0.0699. The molecule has 1 N–H and O–H groups in total. The number of hydrogen-bond donors (Lipinski definition) is 1. The van der Waals surface area contributed by atoms with Gasteiger partial charge in [-0.15, -0.1) is 0 Å². The van der Waals surface area contributed by atoms with E-state index in [1.807, 2.05) is 0 Å². The van der Waals surface area contributed by atoms with E-state index in [2.05, 4.69) is 77.9 Å². The average Bonchev–Trinajstić information content (AvgIpc) is 2.33. The first kappa shape index (κ1) is 17.0. The third kappa shape index (κ3) is 4.78. The second kappa shape index (κ2) is 6.57. The van der Waals surface area contributed by atoms with Crippen LogP contribution in [0.25, 0.3) is 0 Å². The summed E-state index contributed by atoms with van der Waals surface area (Å²) in [7, 11) is 2.11. The van der Waals surface area contributed by atoms with E-state index in [-0.39, 0.29) is 5.41 Å². The summed E-state index contributed by atoms with van der Waals surface area (Å²) in [5.74, 6) is 1.06. The van der Waals surface area contributed by atoms with Gasteiger partial charge in [0.25, 0.3) is 0 Å². The summed E-state index contributed by atoms with van der Waals surface area (Å²) in [6, 6.07) is 5.37. The molecule has 1 aromatic heterocycles. The molecular formula is C17H31N3. The van der Waals surface area contributed by atoms with Crippen molar-refractivity contribution in [2.75, 3.05) is 11.9 Å². The van der Waals surface area contributed by atoms with Gasteiger partial charge in [-0.3, -0.25) is 0 Å². The van der Waals surface area contributed by atoms with E-state index in [1.165, 1.54) is 5.56 Å². The van der Waals surface area contributed by atoms with Crippen LogP contribution >= 0.6 is 0 Å². The van der Waals surface area contributed by atoms with Gasteiger partial charge in [0.1, 0.15) is 5.82 Å². The normalized spacial score (nSPS) is 12.3. The molecule has 20 heavy (non-hydrogen) atoms. The first-order chi connectivity index (χ1) is 9.11. The summed E-state index contributed by atoms with van der Waals surface area (Å²) in [4.78, 5) is 7.08. The molecule has 114 valence electrons. The van der Waals surface area contributed by atoms with Crippen molar-refractivity contribution in [2.45, 2.75) is 72.5 Å². The zero-order chi connectivity index (χ0) is 15.5. The van der Waals surface area contributed by atoms with E-state index in [4.69, 9.17) is 4.98 Å². The van der Waals surface area contributed by atoms with E-state index in [0.29, 0.717) is 12.1 Å². The maximum absolute atomic E-state index is 4.85. The summed E-state index contributed by atoms with van der Waals surface area (Å²) in [6.45, 7) is 16.3. The Morgan fingerprint density at radius 2 is 1.75 bits per heavy atom. The molecule has 0 unspecified atom stereocenters. The molecule has 0 atom stereocenters. The van der Waals surface area contributed by atoms with Crippen LogP contribution in [0.1, 0.15) is 59.7 Å². The lowest BCUT2D eigenvalue weighted by Crippen LogP contribution is -2.28. The highest BCUT2D eigenvalue weighted by Crippen LogP contribution is 2.25. The van der Waals surface area contributed by atoms with Gasteiger partial charge in [0.15, 0.2) is 0 Å². The van der Waals surface area contributed by atoms with Gasteiger partial charge >= 0.3 is 0 Å². The fraction of sp³-hybridized carbons (Fsp3) is 0.706. The lowest BCUT2D eigenvalue weighted by molar-refractivity contribution is 0.559. The highest BCUT2D eigenvalue weighted by Gasteiger charge is 2.19. The van der Waals surface area contributed by atoms with Crippen molar-refractivity contribution in [1.82, 2.24) is 10.3 Å². The second-order valence-electron chi connectivity index (χ2n) is 7.21. The van der Waals surface area contributed by atoms with Gasteiger partial charge in [-0.25, -0.2) is 4.98 Å². The molecule has 0 radical (unpaired) electrons. The number of pyridine rings is 1. The highest BCUT2D eigenvalue weighted by atomic mass is 15.2. The molecular weight excluding hydrogens is 246 g/mol. The van der Waals surface area contributed by atoms with E-state index < -0.39 is 0 Å². The van der Waals surface area contributed by atoms with Crippen LogP contribution in [0.5, 0.6) is 0 Å². The van der Waals surface area contributed by atoms with Crippen molar-refractivity contribution in [2.24, 2.45) is 0 Å². The van der Waals surface area contributed by atoms with Crippen LogP contribution in [-0.2, 0) is 12.0 Å². The number of rotatable bonds is 5. The molecule has 0 aliphatic heterocycles. The van der Waals surface area contributed by atoms with Gasteiger partial charge in [-0.05, 0) is 31.5 Å². The third-order valence-electron chi connectivity index (χ3n) is 3.49. The van der Waals surface area contributed by atoms with Gasteiger partial charge in [-0.1, -0.05) is 34.6 Å². The summed E-state index contributed by atoms with van der Waals surface area (Å²) in [5.41, 5.74) is 2.53. The fourth-order valence-corrected chi connectivity index (χ4v) is 1.82. The van der Waals surface area contributed by atoms with Gasteiger partial charge in [0.2, 0.25) is 0 Å². The van der Waals surface area contributed by atoms with Gasteiger partial charge < -0.3 is 10.2 Å². The fourth-order valence-electron chi connectivity index (χ4n) is 1.82. The number of anilines is 1. The molecule has 1 heterocycles. The highest BCUT2D eigenvalue weighted by molar-refractivity contribution is 5.44. The van der Waals surface area contributed by atoms with Gasteiger partial charge in [-0.2, -0.15) is 0 Å². The molecule has 1 aromatic rings. The number of aromatic nitrogens is 1.